The standard InChI is InChI=1S/C25H20ClNO3/c26-19-12-11-17(18(14-19)15-28)6-5-13-27-25(29)30-16-24-22-9-3-1-7-20(22)21-8-2-4-10-23(21)24/h1-4,7-12,14,24,28H,13,15-16H2,(H,27,29). The first kappa shape index (κ1) is 20.0. The van der Waals surface area contributed by atoms with Crippen LogP contribution in [-0.2, 0) is 11.3 Å². The highest BCUT2D eigenvalue weighted by Gasteiger charge is 2.28. The van der Waals surface area contributed by atoms with Gasteiger partial charge in [0, 0.05) is 16.5 Å². The maximum absolute atomic E-state index is 12.1. The minimum absolute atomic E-state index is 0.0235. The molecule has 4 rings (SSSR count). The molecule has 1 amide bonds. The number of carbonyl (C=O) groups is 1. The van der Waals surface area contributed by atoms with Gasteiger partial charge in [-0.15, -0.1) is 0 Å². The van der Waals surface area contributed by atoms with Crippen LogP contribution in [0.15, 0.2) is 66.7 Å². The number of aliphatic hydroxyl groups is 1. The van der Waals surface area contributed by atoms with Crippen LogP contribution in [0, 0.1) is 11.8 Å². The van der Waals surface area contributed by atoms with Crippen LogP contribution in [0.3, 0.4) is 0 Å². The highest BCUT2D eigenvalue weighted by molar-refractivity contribution is 6.30. The van der Waals surface area contributed by atoms with Crippen molar-refractivity contribution in [3.05, 3.63) is 94.0 Å². The Labute approximate surface area is 180 Å². The van der Waals surface area contributed by atoms with Gasteiger partial charge in [0.05, 0.1) is 13.2 Å². The number of amides is 1. The summed E-state index contributed by atoms with van der Waals surface area (Å²) in [6.45, 7) is 0.258. The molecule has 30 heavy (non-hydrogen) atoms. The Morgan fingerprint density at radius 1 is 1.03 bits per heavy atom. The highest BCUT2D eigenvalue weighted by Crippen LogP contribution is 2.44. The van der Waals surface area contributed by atoms with E-state index in [1.54, 1.807) is 18.2 Å². The van der Waals surface area contributed by atoms with Gasteiger partial charge >= 0.3 is 6.09 Å². The third-order valence-electron chi connectivity index (χ3n) is 5.13. The summed E-state index contributed by atoms with van der Waals surface area (Å²) in [5, 5.41) is 12.6. The van der Waals surface area contributed by atoms with Crippen LogP contribution in [-0.4, -0.2) is 24.4 Å². The lowest BCUT2D eigenvalue weighted by Crippen LogP contribution is -2.26. The molecule has 150 valence electrons. The Morgan fingerprint density at radius 2 is 1.70 bits per heavy atom. The van der Waals surface area contributed by atoms with Gasteiger partial charge in [0.15, 0.2) is 0 Å². The van der Waals surface area contributed by atoms with Crippen molar-refractivity contribution in [2.45, 2.75) is 12.5 Å². The van der Waals surface area contributed by atoms with Crippen LogP contribution < -0.4 is 5.32 Å². The second-order valence-corrected chi connectivity index (χ2v) is 7.38. The molecule has 0 unspecified atom stereocenters. The van der Waals surface area contributed by atoms with E-state index in [1.807, 2.05) is 24.3 Å². The van der Waals surface area contributed by atoms with E-state index in [1.165, 1.54) is 22.3 Å². The Morgan fingerprint density at radius 3 is 2.37 bits per heavy atom. The van der Waals surface area contributed by atoms with Crippen molar-refractivity contribution in [1.29, 1.82) is 0 Å². The first-order valence-corrected chi connectivity index (χ1v) is 10.0. The molecular weight excluding hydrogens is 398 g/mol. The lowest BCUT2D eigenvalue weighted by atomic mass is 9.98. The predicted molar refractivity (Wildman–Crippen MR) is 117 cm³/mol. The molecule has 3 aromatic rings. The van der Waals surface area contributed by atoms with Crippen molar-refractivity contribution in [2.24, 2.45) is 0 Å². The van der Waals surface area contributed by atoms with Crippen LogP contribution in [0.1, 0.15) is 28.2 Å². The van der Waals surface area contributed by atoms with Gasteiger partial charge in [0.25, 0.3) is 0 Å². The molecule has 5 heteroatoms. The van der Waals surface area contributed by atoms with Crippen LogP contribution in [0.4, 0.5) is 4.79 Å². The zero-order valence-corrected chi connectivity index (χ0v) is 16.9. The lowest BCUT2D eigenvalue weighted by Gasteiger charge is -2.14. The fraction of sp³-hybridized carbons (Fsp3) is 0.160. The molecule has 0 saturated carbocycles. The van der Waals surface area contributed by atoms with E-state index < -0.39 is 6.09 Å². The fourth-order valence-corrected chi connectivity index (χ4v) is 3.91. The molecule has 3 aromatic carbocycles. The van der Waals surface area contributed by atoms with Crippen molar-refractivity contribution in [3.8, 4) is 23.0 Å². The van der Waals surface area contributed by atoms with Crippen LogP contribution in [0.2, 0.25) is 5.02 Å². The molecule has 0 aromatic heterocycles. The van der Waals surface area contributed by atoms with E-state index in [4.69, 9.17) is 16.3 Å². The molecule has 0 spiro atoms. The van der Waals surface area contributed by atoms with Crippen molar-refractivity contribution in [3.63, 3.8) is 0 Å². The van der Waals surface area contributed by atoms with Crippen LogP contribution in [0.25, 0.3) is 11.1 Å². The molecule has 1 aliphatic carbocycles. The normalized spacial score (nSPS) is 11.8. The summed E-state index contributed by atoms with van der Waals surface area (Å²) in [5.74, 6) is 5.82. The Hall–Kier alpha value is -3.26. The number of halogens is 1. The van der Waals surface area contributed by atoms with E-state index in [0.717, 1.165) is 0 Å². The lowest BCUT2D eigenvalue weighted by molar-refractivity contribution is 0.144. The second-order valence-electron chi connectivity index (χ2n) is 6.94. The van der Waals surface area contributed by atoms with E-state index in [0.29, 0.717) is 16.1 Å². The summed E-state index contributed by atoms with van der Waals surface area (Å²) in [4.78, 5) is 12.1. The highest BCUT2D eigenvalue weighted by atomic mass is 35.5. The van der Waals surface area contributed by atoms with Gasteiger partial charge in [-0.1, -0.05) is 72.0 Å². The summed E-state index contributed by atoms with van der Waals surface area (Å²) in [6, 6.07) is 21.5. The zero-order valence-electron chi connectivity index (χ0n) is 16.2. The van der Waals surface area contributed by atoms with Crippen molar-refractivity contribution < 1.29 is 14.6 Å². The van der Waals surface area contributed by atoms with Gasteiger partial charge in [0.2, 0.25) is 0 Å². The number of rotatable bonds is 4. The number of hydrogen-bond donors (Lipinski definition) is 2. The fourth-order valence-electron chi connectivity index (χ4n) is 3.72. The molecule has 0 fully saturated rings. The van der Waals surface area contributed by atoms with Gasteiger partial charge in [-0.3, -0.25) is 0 Å². The van der Waals surface area contributed by atoms with E-state index >= 15 is 0 Å². The molecule has 0 heterocycles. The maximum Gasteiger partial charge on any atom is 0.407 e. The van der Waals surface area contributed by atoms with Crippen LogP contribution >= 0.6 is 11.6 Å². The first-order valence-electron chi connectivity index (χ1n) is 9.64. The van der Waals surface area contributed by atoms with Gasteiger partial charge < -0.3 is 15.2 Å². The topological polar surface area (TPSA) is 58.6 Å². The molecular formula is C25H20ClNO3. The minimum Gasteiger partial charge on any atom is -0.449 e. The number of fused-ring (bicyclic) bond motifs is 3. The van der Waals surface area contributed by atoms with E-state index in [-0.39, 0.29) is 25.7 Å². The third-order valence-corrected chi connectivity index (χ3v) is 5.36. The molecule has 4 nitrogen and oxygen atoms in total. The minimum atomic E-state index is -0.510. The van der Waals surface area contributed by atoms with Gasteiger partial charge in [-0.05, 0) is 46.0 Å². The molecule has 0 saturated heterocycles. The number of hydrogen-bond acceptors (Lipinski definition) is 3. The second kappa shape index (κ2) is 9.04. The Balaban J connectivity index is 1.35. The molecule has 0 bridgehead atoms. The number of carbonyl (C=O) groups excluding carboxylic acids is 1. The number of alkyl carbamates (subject to hydrolysis) is 1. The van der Waals surface area contributed by atoms with Gasteiger partial charge in [-0.25, -0.2) is 4.79 Å². The molecule has 0 atom stereocenters. The quantitative estimate of drug-likeness (QED) is 0.604. The summed E-state index contributed by atoms with van der Waals surface area (Å²) < 4.78 is 5.48. The number of aliphatic hydroxyl groups excluding tert-OH is 1. The van der Waals surface area contributed by atoms with Crippen LogP contribution in [0.5, 0.6) is 0 Å². The zero-order chi connectivity index (χ0) is 20.9. The Bertz CT molecular complexity index is 1100. The monoisotopic (exact) mass is 417 g/mol. The van der Waals surface area contributed by atoms with E-state index in [2.05, 4.69) is 41.4 Å². The molecule has 1 aliphatic rings. The summed E-state index contributed by atoms with van der Waals surface area (Å²) in [6.07, 6.45) is -0.510. The van der Waals surface area contributed by atoms with Crippen molar-refractivity contribution in [2.75, 3.05) is 13.2 Å². The Kier molecular flexibility index (Phi) is 6.04. The van der Waals surface area contributed by atoms with Gasteiger partial charge in [-0.2, -0.15) is 0 Å². The molecule has 0 radical (unpaired) electrons. The first-order chi connectivity index (χ1) is 14.7. The summed E-state index contributed by atoms with van der Waals surface area (Å²) >= 11 is 5.92. The molecule has 0 aliphatic heterocycles. The third kappa shape index (κ3) is 4.18. The SMILES string of the molecule is O=C(NCC#Cc1ccc(Cl)cc1CO)OCC1c2ccccc2-c2ccccc21. The smallest absolute Gasteiger partial charge is 0.407 e. The summed E-state index contributed by atoms with van der Waals surface area (Å²) in [5.41, 5.74) is 6.05. The predicted octanol–water partition coefficient (Wildman–Crippen LogP) is 4.72. The van der Waals surface area contributed by atoms with Gasteiger partial charge in [0.1, 0.15) is 6.61 Å². The number of benzene rings is 3. The average molecular weight is 418 g/mol. The number of nitrogens with one attached hydrogen (secondary N) is 1. The van der Waals surface area contributed by atoms with Crippen molar-refractivity contribution >= 4 is 17.7 Å². The molecule has 2 N–H and O–H groups in total. The average Bonchev–Trinajstić information content (AvgIpc) is 3.10. The van der Waals surface area contributed by atoms with E-state index in [9.17, 15) is 9.90 Å². The number of ether oxygens (including phenoxy) is 1. The van der Waals surface area contributed by atoms with Crippen molar-refractivity contribution in [1.82, 2.24) is 5.32 Å². The largest absolute Gasteiger partial charge is 0.449 e. The summed E-state index contributed by atoms with van der Waals surface area (Å²) in [7, 11) is 0. The maximum atomic E-state index is 12.1.